The van der Waals surface area contributed by atoms with Crippen LogP contribution in [0.2, 0.25) is 0 Å². The van der Waals surface area contributed by atoms with Gasteiger partial charge in [0.05, 0.1) is 14.2 Å². The van der Waals surface area contributed by atoms with E-state index in [1.54, 1.807) is 14.2 Å². The van der Waals surface area contributed by atoms with Crippen LogP contribution in [-0.2, 0) is 0 Å². The maximum Gasteiger partial charge on any atom is 0.270 e. The van der Waals surface area contributed by atoms with E-state index in [1.165, 1.54) is 12.8 Å². The normalized spacial score (nSPS) is 17.5. The maximum absolute atomic E-state index is 12.9. The van der Waals surface area contributed by atoms with Gasteiger partial charge < -0.3 is 24.7 Å². The van der Waals surface area contributed by atoms with E-state index in [1.807, 2.05) is 30.0 Å². The second kappa shape index (κ2) is 7.78. The average molecular weight is 345 g/mol. The lowest BCUT2D eigenvalue weighted by Crippen LogP contribution is -2.41. The molecule has 1 aromatic carbocycles. The first-order chi connectivity index (χ1) is 12.2. The van der Waals surface area contributed by atoms with E-state index < -0.39 is 0 Å². The molecule has 1 fully saturated rings. The Hall–Kier alpha value is -2.21. The summed E-state index contributed by atoms with van der Waals surface area (Å²) in [6.45, 7) is 5.61. The summed E-state index contributed by atoms with van der Waals surface area (Å²) >= 11 is 0. The Morgan fingerprint density at radius 1 is 1.24 bits per heavy atom. The summed E-state index contributed by atoms with van der Waals surface area (Å²) in [6, 6.07) is 5.65. The molecule has 1 aliphatic rings. The number of amides is 1. The third-order valence-corrected chi connectivity index (χ3v) is 4.90. The van der Waals surface area contributed by atoms with Crippen LogP contribution >= 0.6 is 0 Å². The SMILES string of the molecule is CCN(CC1CCCNC1)C(=O)c1cc2cc(OC)c(OC)cc2[nH]1. The van der Waals surface area contributed by atoms with E-state index in [-0.39, 0.29) is 5.91 Å². The largest absolute Gasteiger partial charge is 0.493 e. The second-order valence-electron chi connectivity index (χ2n) is 6.53. The van der Waals surface area contributed by atoms with Gasteiger partial charge in [0.25, 0.3) is 5.91 Å². The van der Waals surface area contributed by atoms with Crippen molar-refractivity contribution in [2.45, 2.75) is 19.8 Å². The number of ether oxygens (including phenoxy) is 2. The number of rotatable bonds is 6. The second-order valence-corrected chi connectivity index (χ2v) is 6.53. The molecular formula is C19H27N3O3. The Morgan fingerprint density at radius 3 is 2.64 bits per heavy atom. The molecule has 1 unspecified atom stereocenters. The molecule has 0 bridgehead atoms. The minimum atomic E-state index is 0.0437. The third-order valence-electron chi connectivity index (χ3n) is 4.90. The van der Waals surface area contributed by atoms with Crippen molar-refractivity contribution in [3.63, 3.8) is 0 Å². The summed E-state index contributed by atoms with van der Waals surface area (Å²) in [4.78, 5) is 18.1. The standard InChI is InChI=1S/C19H27N3O3/c1-4-22(12-13-6-5-7-20-11-13)19(23)16-8-14-9-17(24-2)18(25-3)10-15(14)21-16/h8-10,13,20-21H,4-7,11-12H2,1-3H3. The molecule has 0 aliphatic carbocycles. The Kier molecular flexibility index (Phi) is 5.48. The Labute approximate surface area is 148 Å². The van der Waals surface area contributed by atoms with Gasteiger partial charge in [0.1, 0.15) is 5.69 Å². The van der Waals surface area contributed by atoms with Gasteiger partial charge in [0, 0.05) is 30.1 Å². The molecule has 1 aliphatic heterocycles. The van der Waals surface area contributed by atoms with Crippen molar-refractivity contribution in [2.24, 2.45) is 5.92 Å². The summed E-state index contributed by atoms with van der Waals surface area (Å²) in [7, 11) is 3.22. The number of benzene rings is 1. The van der Waals surface area contributed by atoms with Crippen molar-refractivity contribution in [1.82, 2.24) is 15.2 Å². The molecule has 6 heteroatoms. The summed E-state index contributed by atoms with van der Waals surface area (Å²) in [5.74, 6) is 1.88. The zero-order chi connectivity index (χ0) is 17.8. The number of carbonyl (C=O) groups excluding carboxylic acids is 1. The molecule has 2 heterocycles. The van der Waals surface area contributed by atoms with Gasteiger partial charge in [-0.05, 0) is 50.9 Å². The molecule has 1 saturated heterocycles. The average Bonchev–Trinajstić information content (AvgIpc) is 3.08. The molecule has 136 valence electrons. The molecule has 0 saturated carbocycles. The van der Waals surface area contributed by atoms with Crippen LogP contribution in [0.4, 0.5) is 0 Å². The first-order valence-electron chi connectivity index (χ1n) is 8.91. The zero-order valence-electron chi connectivity index (χ0n) is 15.2. The number of nitrogens with zero attached hydrogens (tertiary/aromatic N) is 1. The van der Waals surface area contributed by atoms with Crippen LogP contribution in [0.5, 0.6) is 11.5 Å². The minimum Gasteiger partial charge on any atom is -0.493 e. The fourth-order valence-electron chi connectivity index (χ4n) is 3.49. The number of aromatic amines is 1. The van der Waals surface area contributed by atoms with E-state index in [9.17, 15) is 4.79 Å². The molecule has 0 spiro atoms. The number of hydrogen-bond acceptors (Lipinski definition) is 4. The molecule has 25 heavy (non-hydrogen) atoms. The van der Waals surface area contributed by atoms with Gasteiger partial charge in [-0.3, -0.25) is 4.79 Å². The Bertz CT molecular complexity index is 694. The fourth-order valence-corrected chi connectivity index (χ4v) is 3.49. The first kappa shape index (κ1) is 17.6. The first-order valence-corrected chi connectivity index (χ1v) is 8.91. The molecule has 2 N–H and O–H groups in total. The lowest BCUT2D eigenvalue weighted by Gasteiger charge is -2.29. The van der Waals surface area contributed by atoms with E-state index >= 15 is 0 Å². The lowest BCUT2D eigenvalue weighted by atomic mass is 9.99. The Morgan fingerprint density at radius 2 is 2.00 bits per heavy atom. The highest BCUT2D eigenvalue weighted by atomic mass is 16.5. The number of methoxy groups -OCH3 is 2. The quantitative estimate of drug-likeness (QED) is 0.845. The van der Waals surface area contributed by atoms with Crippen molar-refractivity contribution >= 4 is 16.8 Å². The van der Waals surface area contributed by atoms with Crippen molar-refractivity contribution in [3.8, 4) is 11.5 Å². The van der Waals surface area contributed by atoms with Gasteiger partial charge >= 0.3 is 0 Å². The highest BCUT2D eigenvalue weighted by molar-refractivity contribution is 5.98. The summed E-state index contributed by atoms with van der Waals surface area (Å²) in [5.41, 5.74) is 1.48. The summed E-state index contributed by atoms with van der Waals surface area (Å²) in [6.07, 6.45) is 2.36. The van der Waals surface area contributed by atoms with Gasteiger partial charge in [-0.1, -0.05) is 0 Å². The van der Waals surface area contributed by atoms with Crippen molar-refractivity contribution in [1.29, 1.82) is 0 Å². The van der Waals surface area contributed by atoms with E-state index in [2.05, 4.69) is 10.3 Å². The van der Waals surface area contributed by atoms with Gasteiger partial charge in [-0.15, -0.1) is 0 Å². The topological polar surface area (TPSA) is 66.6 Å². The third kappa shape index (κ3) is 3.74. The fraction of sp³-hybridized carbons (Fsp3) is 0.526. The number of carbonyl (C=O) groups is 1. The zero-order valence-corrected chi connectivity index (χ0v) is 15.2. The number of nitrogens with one attached hydrogen (secondary N) is 2. The smallest absolute Gasteiger partial charge is 0.270 e. The predicted molar refractivity (Wildman–Crippen MR) is 98.6 cm³/mol. The molecule has 3 rings (SSSR count). The number of aromatic nitrogens is 1. The van der Waals surface area contributed by atoms with Crippen LogP contribution < -0.4 is 14.8 Å². The number of hydrogen-bond donors (Lipinski definition) is 2. The maximum atomic E-state index is 12.9. The van der Waals surface area contributed by atoms with Gasteiger partial charge in [0.2, 0.25) is 0 Å². The van der Waals surface area contributed by atoms with Crippen molar-refractivity contribution < 1.29 is 14.3 Å². The molecule has 1 amide bonds. The van der Waals surface area contributed by atoms with Gasteiger partial charge in [0.15, 0.2) is 11.5 Å². The van der Waals surface area contributed by atoms with Crippen LogP contribution in [-0.4, -0.2) is 56.2 Å². The van der Waals surface area contributed by atoms with Crippen LogP contribution in [0.3, 0.4) is 0 Å². The van der Waals surface area contributed by atoms with Crippen LogP contribution in [0.1, 0.15) is 30.3 Å². The van der Waals surface area contributed by atoms with Crippen molar-refractivity contribution in [2.75, 3.05) is 40.4 Å². The van der Waals surface area contributed by atoms with Crippen LogP contribution in [0.25, 0.3) is 10.9 Å². The predicted octanol–water partition coefficient (Wildman–Crippen LogP) is 2.65. The highest BCUT2D eigenvalue weighted by Crippen LogP contribution is 2.32. The van der Waals surface area contributed by atoms with Gasteiger partial charge in [-0.25, -0.2) is 0 Å². The molecule has 1 aromatic heterocycles. The van der Waals surface area contributed by atoms with Crippen LogP contribution in [0, 0.1) is 5.92 Å². The molecule has 1 atom stereocenters. The summed E-state index contributed by atoms with van der Waals surface area (Å²) < 4.78 is 10.7. The van der Waals surface area contributed by atoms with E-state index in [0.29, 0.717) is 29.7 Å². The van der Waals surface area contributed by atoms with Crippen LogP contribution in [0.15, 0.2) is 18.2 Å². The highest BCUT2D eigenvalue weighted by Gasteiger charge is 2.22. The van der Waals surface area contributed by atoms with E-state index in [4.69, 9.17) is 9.47 Å². The number of H-pyrrole nitrogens is 1. The summed E-state index contributed by atoms with van der Waals surface area (Å²) in [5, 5.41) is 4.36. The Balaban J connectivity index is 1.82. The number of fused-ring (bicyclic) bond motifs is 1. The molecule has 0 radical (unpaired) electrons. The monoisotopic (exact) mass is 345 g/mol. The molecule has 6 nitrogen and oxygen atoms in total. The van der Waals surface area contributed by atoms with Gasteiger partial charge in [-0.2, -0.15) is 0 Å². The van der Waals surface area contributed by atoms with E-state index in [0.717, 1.165) is 30.5 Å². The lowest BCUT2D eigenvalue weighted by molar-refractivity contribution is 0.0724. The minimum absolute atomic E-state index is 0.0437. The van der Waals surface area contributed by atoms with Crippen molar-refractivity contribution in [3.05, 3.63) is 23.9 Å². The molecular weight excluding hydrogens is 318 g/mol. The number of piperidine rings is 1. The molecule has 2 aromatic rings.